The van der Waals surface area contributed by atoms with Crippen LogP contribution in [0.3, 0.4) is 0 Å². The summed E-state index contributed by atoms with van der Waals surface area (Å²) in [7, 11) is 0. The van der Waals surface area contributed by atoms with E-state index in [1.165, 1.54) is 0 Å². The van der Waals surface area contributed by atoms with Gasteiger partial charge in [-0.05, 0) is 42.2 Å². The molecule has 2 N–H and O–H groups in total. The highest BCUT2D eigenvalue weighted by molar-refractivity contribution is 6.43. The molecule has 0 bridgehead atoms. The Labute approximate surface area is 129 Å². The Hall–Kier alpha value is -2.69. The van der Waals surface area contributed by atoms with Crippen molar-refractivity contribution in [3.63, 3.8) is 0 Å². The van der Waals surface area contributed by atoms with Crippen LogP contribution in [-0.2, 0) is 9.59 Å². The topological polar surface area (TPSA) is 71.1 Å². The molecule has 2 amide bonds. The highest BCUT2D eigenvalue weighted by Gasteiger charge is 2.16. The molecule has 0 aliphatic rings. The molecular weight excluding hydrogens is 278 g/mol. The van der Waals surface area contributed by atoms with Crippen LogP contribution in [0.5, 0.6) is 0 Å². The second kappa shape index (κ2) is 6.85. The molecule has 1 heterocycles. The lowest BCUT2D eigenvalue weighted by atomic mass is 10.0. The van der Waals surface area contributed by atoms with Crippen LogP contribution in [0.1, 0.15) is 30.9 Å². The quantitative estimate of drug-likeness (QED) is 0.855. The maximum atomic E-state index is 12.0. The van der Waals surface area contributed by atoms with Gasteiger partial charge in [-0.25, -0.2) is 4.98 Å². The average molecular weight is 297 g/mol. The maximum absolute atomic E-state index is 12.0. The average Bonchev–Trinajstić information content (AvgIpc) is 2.47. The van der Waals surface area contributed by atoms with Gasteiger partial charge in [-0.2, -0.15) is 0 Å². The Morgan fingerprint density at radius 3 is 2.41 bits per heavy atom. The van der Waals surface area contributed by atoms with Crippen LogP contribution in [0.4, 0.5) is 11.5 Å². The zero-order chi connectivity index (χ0) is 16.1. The lowest BCUT2D eigenvalue weighted by molar-refractivity contribution is -0.133. The zero-order valence-corrected chi connectivity index (χ0v) is 12.9. The van der Waals surface area contributed by atoms with Crippen LogP contribution >= 0.6 is 0 Å². The molecule has 0 unspecified atom stereocenters. The van der Waals surface area contributed by atoms with Gasteiger partial charge in [-0.15, -0.1) is 0 Å². The number of hydrogen-bond acceptors (Lipinski definition) is 3. The molecule has 0 spiro atoms. The van der Waals surface area contributed by atoms with Gasteiger partial charge in [0.15, 0.2) is 0 Å². The number of rotatable bonds is 3. The summed E-state index contributed by atoms with van der Waals surface area (Å²) in [6.07, 6.45) is 1.58. The number of pyridine rings is 1. The Morgan fingerprint density at radius 1 is 1.05 bits per heavy atom. The normalized spacial score (nSPS) is 10.4. The number of aryl methyl sites for hydroxylation is 1. The molecule has 114 valence electrons. The Morgan fingerprint density at radius 2 is 1.73 bits per heavy atom. The first-order valence-electron chi connectivity index (χ1n) is 7.11. The lowest BCUT2D eigenvalue weighted by Crippen LogP contribution is -2.29. The van der Waals surface area contributed by atoms with Crippen molar-refractivity contribution in [2.24, 2.45) is 0 Å². The van der Waals surface area contributed by atoms with E-state index in [2.05, 4.69) is 15.6 Å². The molecule has 0 aliphatic heterocycles. The van der Waals surface area contributed by atoms with Crippen molar-refractivity contribution in [3.05, 3.63) is 53.7 Å². The molecule has 0 atom stereocenters. The van der Waals surface area contributed by atoms with Crippen LogP contribution in [0, 0.1) is 6.92 Å². The van der Waals surface area contributed by atoms with E-state index >= 15 is 0 Å². The Kier molecular flexibility index (Phi) is 4.88. The Balaban J connectivity index is 2.08. The van der Waals surface area contributed by atoms with E-state index in [0.717, 1.165) is 11.1 Å². The number of nitrogens with one attached hydrogen (secondary N) is 2. The predicted molar refractivity (Wildman–Crippen MR) is 86.8 cm³/mol. The van der Waals surface area contributed by atoms with Gasteiger partial charge in [0.05, 0.1) is 0 Å². The molecule has 2 aromatic rings. The molecule has 0 radical (unpaired) electrons. The summed E-state index contributed by atoms with van der Waals surface area (Å²) in [5.41, 5.74) is 2.59. The van der Waals surface area contributed by atoms with Gasteiger partial charge in [-0.3, -0.25) is 9.59 Å². The van der Waals surface area contributed by atoms with Gasteiger partial charge in [0.1, 0.15) is 5.82 Å². The predicted octanol–water partition coefficient (Wildman–Crippen LogP) is 3.09. The van der Waals surface area contributed by atoms with E-state index < -0.39 is 11.8 Å². The van der Waals surface area contributed by atoms with E-state index in [1.807, 2.05) is 45.0 Å². The minimum Gasteiger partial charge on any atom is -0.318 e. The van der Waals surface area contributed by atoms with Crippen LogP contribution in [0.2, 0.25) is 0 Å². The summed E-state index contributed by atoms with van der Waals surface area (Å²) < 4.78 is 0. The minimum absolute atomic E-state index is 0.248. The van der Waals surface area contributed by atoms with Crippen LogP contribution in [0.15, 0.2) is 42.6 Å². The summed E-state index contributed by atoms with van der Waals surface area (Å²) >= 11 is 0. The number of carbonyl (C=O) groups is 2. The van der Waals surface area contributed by atoms with Gasteiger partial charge in [-0.1, -0.05) is 32.0 Å². The smallest absolute Gasteiger partial charge is 0.315 e. The van der Waals surface area contributed by atoms with Crippen molar-refractivity contribution < 1.29 is 9.59 Å². The van der Waals surface area contributed by atoms with Crippen molar-refractivity contribution in [2.75, 3.05) is 10.6 Å². The number of nitrogens with zero attached hydrogens (tertiary/aromatic N) is 1. The number of aromatic nitrogens is 1. The van der Waals surface area contributed by atoms with Crippen molar-refractivity contribution >= 4 is 23.3 Å². The zero-order valence-electron chi connectivity index (χ0n) is 12.9. The molecule has 22 heavy (non-hydrogen) atoms. The standard InChI is InChI=1S/C17H19N3O2/c1-11(2)13-6-4-5-7-14(13)19-16(21)17(22)20-15-10-12(3)8-9-18-15/h4-11H,1-3H3,(H,19,21)(H,18,20,22). The van der Waals surface area contributed by atoms with Gasteiger partial charge >= 0.3 is 11.8 Å². The fourth-order valence-electron chi connectivity index (χ4n) is 2.07. The Bertz CT molecular complexity index is 696. The number of amides is 2. The molecule has 2 rings (SSSR count). The van der Waals surface area contributed by atoms with Crippen molar-refractivity contribution in [3.8, 4) is 0 Å². The molecule has 1 aromatic carbocycles. The summed E-state index contributed by atoms with van der Waals surface area (Å²) in [4.78, 5) is 28.0. The summed E-state index contributed by atoms with van der Waals surface area (Å²) in [6.45, 7) is 5.94. The molecule has 0 saturated carbocycles. The number of carbonyl (C=O) groups excluding carboxylic acids is 2. The summed E-state index contributed by atoms with van der Waals surface area (Å²) in [6, 6.07) is 11.0. The van der Waals surface area contributed by atoms with Crippen LogP contribution in [0.25, 0.3) is 0 Å². The lowest BCUT2D eigenvalue weighted by Gasteiger charge is -2.13. The molecule has 0 aliphatic carbocycles. The van der Waals surface area contributed by atoms with E-state index in [1.54, 1.807) is 18.3 Å². The third-order valence-electron chi connectivity index (χ3n) is 3.19. The largest absolute Gasteiger partial charge is 0.318 e. The second-order valence-corrected chi connectivity index (χ2v) is 5.37. The first-order chi connectivity index (χ1) is 10.5. The molecule has 0 saturated heterocycles. The first kappa shape index (κ1) is 15.7. The van der Waals surface area contributed by atoms with Gasteiger partial charge in [0, 0.05) is 11.9 Å². The number of benzene rings is 1. The highest BCUT2D eigenvalue weighted by atomic mass is 16.2. The summed E-state index contributed by atoms with van der Waals surface area (Å²) in [5, 5.41) is 5.14. The fourth-order valence-corrected chi connectivity index (χ4v) is 2.07. The van der Waals surface area contributed by atoms with E-state index in [4.69, 9.17) is 0 Å². The van der Waals surface area contributed by atoms with Crippen molar-refractivity contribution in [2.45, 2.75) is 26.7 Å². The minimum atomic E-state index is -0.739. The second-order valence-electron chi connectivity index (χ2n) is 5.37. The van der Waals surface area contributed by atoms with Crippen molar-refractivity contribution in [1.29, 1.82) is 0 Å². The monoisotopic (exact) mass is 297 g/mol. The van der Waals surface area contributed by atoms with Crippen molar-refractivity contribution in [1.82, 2.24) is 4.98 Å². The third-order valence-corrected chi connectivity index (χ3v) is 3.19. The molecule has 5 heteroatoms. The number of hydrogen-bond donors (Lipinski definition) is 2. The molecule has 0 fully saturated rings. The van der Waals surface area contributed by atoms with Crippen LogP contribution < -0.4 is 10.6 Å². The van der Waals surface area contributed by atoms with E-state index in [-0.39, 0.29) is 5.92 Å². The van der Waals surface area contributed by atoms with Gasteiger partial charge in [0.25, 0.3) is 0 Å². The maximum Gasteiger partial charge on any atom is 0.315 e. The van der Waals surface area contributed by atoms with Gasteiger partial charge in [0.2, 0.25) is 0 Å². The SMILES string of the molecule is Cc1ccnc(NC(=O)C(=O)Nc2ccccc2C(C)C)c1. The third kappa shape index (κ3) is 3.91. The number of para-hydroxylation sites is 1. The van der Waals surface area contributed by atoms with E-state index in [0.29, 0.717) is 11.5 Å². The molecule has 5 nitrogen and oxygen atoms in total. The van der Waals surface area contributed by atoms with Crippen LogP contribution in [-0.4, -0.2) is 16.8 Å². The van der Waals surface area contributed by atoms with Gasteiger partial charge < -0.3 is 10.6 Å². The molecular formula is C17H19N3O2. The number of anilines is 2. The van der Waals surface area contributed by atoms with E-state index in [9.17, 15) is 9.59 Å². The highest BCUT2D eigenvalue weighted by Crippen LogP contribution is 2.23. The summed E-state index contributed by atoms with van der Waals surface area (Å²) in [5.74, 6) is -0.844. The fraction of sp³-hybridized carbons (Fsp3) is 0.235. The first-order valence-corrected chi connectivity index (χ1v) is 7.11. The molecule has 1 aromatic heterocycles.